The molecule has 2 aliphatic rings. The zero-order valence-corrected chi connectivity index (χ0v) is 23.5. The largest absolute Gasteiger partial charge is 0.486 e. The molecule has 0 saturated heterocycles. The average molecular weight is 561 g/mol. The van der Waals surface area contributed by atoms with E-state index in [0.717, 1.165) is 6.54 Å². The topological polar surface area (TPSA) is 113 Å². The Kier molecular flexibility index (Phi) is 8.61. The quantitative estimate of drug-likeness (QED) is 0.374. The molecule has 0 radical (unpaired) electrons. The first-order chi connectivity index (χ1) is 19.8. The Morgan fingerprint density at radius 2 is 1.85 bits per heavy atom. The van der Waals surface area contributed by atoms with Crippen molar-refractivity contribution in [2.24, 2.45) is 5.92 Å². The van der Waals surface area contributed by atoms with Gasteiger partial charge in [0.05, 0.1) is 23.9 Å². The van der Waals surface area contributed by atoms with Crippen LogP contribution in [0.4, 0.5) is 16.2 Å². The summed E-state index contributed by atoms with van der Waals surface area (Å²) in [7, 11) is 2.03. The SMILES string of the molecule is C[C@H]1CN([C@@H](C)CO)C(=O)c2cccc(NC(=O)Nc3ccc4c(c3)OCO4)c2O[C@@H]1CN(C)Cc1ccccc1. The molecule has 10 nitrogen and oxygen atoms in total. The number of benzene rings is 3. The lowest BCUT2D eigenvalue weighted by atomic mass is 9.99. The second-order valence-corrected chi connectivity index (χ2v) is 10.6. The van der Waals surface area contributed by atoms with Crippen LogP contribution in [0, 0.1) is 5.92 Å². The number of carbonyl (C=O) groups excluding carboxylic acids is 2. The molecule has 3 amide bonds. The highest BCUT2D eigenvalue weighted by Gasteiger charge is 2.34. The molecule has 0 aromatic heterocycles. The third-order valence-electron chi connectivity index (χ3n) is 7.36. The number of amides is 3. The number of hydrogen-bond acceptors (Lipinski definition) is 7. The smallest absolute Gasteiger partial charge is 0.323 e. The maximum absolute atomic E-state index is 13.7. The predicted octanol–water partition coefficient (Wildman–Crippen LogP) is 4.41. The molecular formula is C31H36N4O6. The predicted molar refractivity (Wildman–Crippen MR) is 156 cm³/mol. The Balaban J connectivity index is 1.41. The van der Waals surface area contributed by atoms with Crippen molar-refractivity contribution < 1.29 is 28.9 Å². The van der Waals surface area contributed by atoms with Gasteiger partial charge in [-0.3, -0.25) is 9.69 Å². The van der Waals surface area contributed by atoms with Gasteiger partial charge in [-0.05, 0) is 43.8 Å². The van der Waals surface area contributed by atoms with Crippen LogP contribution in [0.3, 0.4) is 0 Å². The lowest BCUT2D eigenvalue weighted by Gasteiger charge is -2.38. The minimum Gasteiger partial charge on any atom is -0.486 e. The van der Waals surface area contributed by atoms with Gasteiger partial charge in [0.25, 0.3) is 5.91 Å². The Bertz CT molecular complexity index is 1380. The van der Waals surface area contributed by atoms with Crippen molar-refractivity contribution in [3.05, 3.63) is 77.9 Å². The third-order valence-corrected chi connectivity index (χ3v) is 7.36. The number of nitrogens with one attached hydrogen (secondary N) is 2. The number of nitrogens with zero attached hydrogens (tertiary/aromatic N) is 2. The van der Waals surface area contributed by atoms with E-state index < -0.39 is 6.03 Å². The number of likely N-dealkylation sites (N-methyl/N-ethyl adjacent to an activating group) is 1. The highest BCUT2D eigenvalue weighted by atomic mass is 16.7. The summed E-state index contributed by atoms with van der Waals surface area (Å²) < 4.78 is 17.3. The van der Waals surface area contributed by atoms with Crippen molar-refractivity contribution in [3.63, 3.8) is 0 Å². The maximum Gasteiger partial charge on any atom is 0.323 e. The standard InChI is InChI=1S/C31H36N4O6/c1-20-15-35(21(2)18-36)30(37)24-10-7-11-25(33-31(38)32-23-12-13-26-27(14-23)40-19-39-26)29(24)41-28(20)17-34(3)16-22-8-5-4-6-9-22/h4-14,20-21,28,36H,15-19H2,1-3H3,(H2,32,33,38)/t20-,21-,28+/m0/s1. The number of fused-ring (bicyclic) bond motifs is 2. The molecule has 41 heavy (non-hydrogen) atoms. The second kappa shape index (κ2) is 12.5. The van der Waals surface area contributed by atoms with Crippen LogP contribution in [0.15, 0.2) is 66.7 Å². The highest BCUT2D eigenvalue weighted by Crippen LogP contribution is 2.36. The van der Waals surface area contributed by atoms with Crippen LogP contribution < -0.4 is 24.8 Å². The number of anilines is 2. The van der Waals surface area contributed by atoms with Crippen molar-refractivity contribution in [3.8, 4) is 17.2 Å². The first kappa shape index (κ1) is 28.3. The third kappa shape index (κ3) is 6.55. The fourth-order valence-electron chi connectivity index (χ4n) is 5.09. The lowest BCUT2D eigenvalue weighted by Crippen LogP contribution is -2.49. The van der Waals surface area contributed by atoms with E-state index >= 15 is 0 Å². The summed E-state index contributed by atoms with van der Waals surface area (Å²) in [4.78, 5) is 30.6. The van der Waals surface area contributed by atoms with Gasteiger partial charge in [-0.15, -0.1) is 0 Å². The Morgan fingerprint density at radius 3 is 2.63 bits per heavy atom. The molecule has 0 aliphatic carbocycles. The van der Waals surface area contributed by atoms with Crippen LogP contribution in [0.1, 0.15) is 29.8 Å². The minimum absolute atomic E-state index is 0.0603. The van der Waals surface area contributed by atoms with Gasteiger partial charge >= 0.3 is 6.03 Å². The minimum atomic E-state index is -0.498. The van der Waals surface area contributed by atoms with Gasteiger partial charge in [-0.2, -0.15) is 0 Å². The fraction of sp³-hybridized carbons (Fsp3) is 0.355. The van der Waals surface area contributed by atoms with Crippen LogP contribution >= 0.6 is 0 Å². The zero-order valence-electron chi connectivity index (χ0n) is 23.5. The molecule has 2 heterocycles. The van der Waals surface area contributed by atoms with Crippen LogP contribution in [0.25, 0.3) is 0 Å². The van der Waals surface area contributed by atoms with Crippen LogP contribution in [-0.2, 0) is 6.54 Å². The average Bonchev–Trinajstić information content (AvgIpc) is 3.43. The number of aliphatic hydroxyl groups is 1. The lowest BCUT2D eigenvalue weighted by molar-refractivity contribution is 0.0343. The summed E-state index contributed by atoms with van der Waals surface area (Å²) in [6.07, 6.45) is -0.302. The monoisotopic (exact) mass is 560 g/mol. The number of carbonyl (C=O) groups is 2. The highest BCUT2D eigenvalue weighted by molar-refractivity contribution is 6.04. The van der Waals surface area contributed by atoms with Gasteiger partial charge < -0.3 is 34.9 Å². The summed E-state index contributed by atoms with van der Waals surface area (Å²) in [6.45, 7) is 5.58. The van der Waals surface area contributed by atoms with Crippen LogP contribution in [0.5, 0.6) is 17.2 Å². The van der Waals surface area contributed by atoms with E-state index in [2.05, 4.69) is 27.7 Å². The number of rotatable bonds is 8. The second-order valence-electron chi connectivity index (χ2n) is 10.6. The molecule has 2 aliphatic heterocycles. The number of hydrogen-bond donors (Lipinski definition) is 3. The Labute approximate surface area is 239 Å². The molecule has 216 valence electrons. The van der Waals surface area contributed by atoms with E-state index in [0.29, 0.717) is 47.3 Å². The van der Waals surface area contributed by atoms with E-state index in [1.165, 1.54) is 5.56 Å². The van der Waals surface area contributed by atoms with Crippen molar-refractivity contribution in [2.75, 3.05) is 44.2 Å². The van der Waals surface area contributed by atoms with Gasteiger partial charge in [0, 0.05) is 37.3 Å². The van der Waals surface area contributed by atoms with Gasteiger partial charge in [-0.1, -0.05) is 43.3 Å². The normalized spacial score (nSPS) is 18.7. The van der Waals surface area contributed by atoms with Crippen LogP contribution in [0.2, 0.25) is 0 Å². The van der Waals surface area contributed by atoms with Gasteiger partial charge in [0.1, 0.15) is 6.10 Å². The number of aliphatic hydroxyl groups excluding tert-OH is 1. The molecular weight excluding hydrogens is 524 g/mol. The number of para-hydroxylation sites is 1. The Hall–Kier alpha value is -4.28. The van der Waals surface area contributed by atoms with E-state index in [4.69, 9.17) is 14.2 Å². The molecule has 5 rings (SSSR count). The van der Waals surface area contributed by atoms with Crippen molar-refractivity contribution in [1.29, 1.82) is 0 Å². The molecule has 3 atom stereocenters. The molecule has 10 heteroatoms. The number of urea groups is 1. The number of ether oxygens (including phenoxy) is 3. The molecule has 0 fully saturated rings. The van der Waals surface area contributed by atoms with Gasteiger partial charge in [0.2, 0.25) is 6.79 Å². The molecule has 0 bridgehead atoms. The molecule has 0 spiro atoms. The van der Waals surface area contributed by atoms with Crippen molar-refractivity contribution >= 4 is 23.3 Å². The maximum atomic E-state index is 13.7. The summed E-state index contributed by atoms with van der Waals surface area (Å²) in [5.74, 6) is 1.15. The summed E-state index contributed by atoms with van der Waals surface area (Å²) >= 11 is 0. The summed E-state index contributed by atoms with van der Waals surface area (Å²) in [6, 6.07) is 19.5. The van der Waals surface area contributed by atoms with Gasteiger partial charge in [0.15, 0.2) is 17.2 Å². The molecule has 0 unspecified atom stereocenters. The zero-order chi connectivity index (χ0) is 28.9. The summed E-state index contributed by atoms with van der Waals surface area (Å²) in [5, 5.41) is 15.6. The fourth-order valence-corrected chi connectivity index (χ4v) is 5.09. The molecule has 3 aromatic rings. The van der Waals surface area contributed by atoms with Crippen LogP contribution in [-0.4, -0.2) is 72.5 Å². The van der Waals surface area contributed by atoms with E-state index in [9.17, 15) is 14.7 Å². The van der Waals surface area contributed by atoms with Gasteiger partial charge in [-0.25, -0.2) is 4.79 Å². The first-order valence-electron chi connectivity index (χ1n) is 13.7. The van der Waals surface area contributed by atoms with Crippen molar-refractivity contribution in [1.82, 2.24) is 9.80 Å². The first-order valence-corrected chi connectivity index (χ1v) is 13.7. The van der Waals surface area contributed by atoms with E-state index in [-0.39, 0.29) is 37.4 Å². The van der Waals surface area contributed by atoms with Crippen molar-refractivity contribution in [2.45, 2.75) is 32.5 Å². The Morgan fingerprint density at radius 1 is 1.07 bits per heavy atom. The van der Waals surface area contributed by atoms with E-state index in [1.54, 1.807) is 41.3 Å². The molecule has 0 saturated carbocycles. The van der Waals surface area contributed by atoms with E-state index in [1.807, 2.05) is 39.1 Å². The molecule has 3 aromatic carbocycles. The summed E-state index contributed by atoms with van der Waals surface area (Å²) in [5.41, 5.74) is 2.41. The molecule has 3 N–H and O–H groups in total.